The predicted molar refractivity (Wildman–Crippen MR) is 106 cm³/mol. The lowest BCUT2D eigenvalue weighted by Gasteiger charge is -2.42. The van der Waals surface area contributed by atoms with Crippen LogP contribution in [0.5, 0.6) is 0 Å². The molecule has 0 radical (unpaired) electrons. The number of hydrogen-bond acceptors (Lipinski definition) is 2. The van der Waals surface area contributed by atoms with Crippen LogP contribution in [0.3, 0.4) is 0 Å². The number of benzene rings is 2. The highest BCUT2D eigenvalue weighted by Crippen LogP contribution is 2.51. The molecule has 1 unspecified atom stereocenters. The van der Waals surface area contributed by atoms with Crippen LogP contribution in [0.4, 0.5) is 26.3 Å². The topological polar surface area (TPSA) is 29.5 Å². The molecule has 1 aliphatic carbocycles. The molecule has 1 saturated carbocycles. The van der Waals surface area contributed by atoms with Gasteiger partial charge in [-0.15, -0.1) is 0 Å². The number of hydrogen-bond donors (Lipinski definition) is 1. The zero-order chi connectivity index (χ0) is 23.2. The summed E-state index contributed by atoms with van der Waals surface area (Å²) < 4.78 is 85.8. The van der Waals surface area contributed by atoms with Crippen LogP contribution in [0.1, 0.15) is 50.7 Å². The van der Waals surface area contributed by atoms with Crippen molar-refractivity contribution in [2.75, 3.05) is 0 Å². The molecule has 0 saturated heterocycles. The van der Waals surface area contributed by atoms with Gasteiger partial charge in [0.2, 0.25) is 0 Å². The zero-order valence-electron chi connectivity index (χ0n) is 17.2. The first-order valence-electron chi connectivity index (χ1n) is 9.96. The van der Waals surface area contributed by atoms with E-state index in [-0.39, 0.29) is 12.8 Å². The Morgan fingerprint density at radius 3 is 2.10 bits per heavy atom. The Balaban J connectivity index is 2.13. The largest absolute Gasteiger partial charge is 0.428 e. The highest BCUT2D eigenvalue weighted by atomic mass is 19.4. The van der Waals surface area contributed by atoms with E-state index in [0.717, 1.165) is 16.3 Å². The van der Waals surface area contributed by atoms with Gasteiger partial charge < -0.3 is 9.84 Å². The third-order valence-electron chi connectivity index (χ3n) is 6.11. The quantitative estimate of drug-likeness (QED) is 0.506. The number of halogens is 6. The summed E-state index contributed by atoms with van der Waals surface area (Å²) in [6, 6.07) is 10.8. The summed E-state index contributed by atoms with van der Waals surface area (Å²) in [5.74, 6) is 0. The summed E-state index contributed by atoms with van der Waals surface area (Å²) >= 11 is 0. The fourth-order valence-electron chi connectivity index (χ4n) is 4.39. The molecule has 0 spiro atoms. The Morgan fingerprint density at radius 2 is 1.58 bits per heavy atom. The summed E-state index contributed by atoms with van der Waals surface area (Å²) in [4.78, 5) is 0. The van der Waals surface area contributed by atoms with Gasteiger partial charge in [0.15, 0.2) is 0 Å². The molecule has 1 aliphatic rings. The number of allylic oxidation sites excluding steroid dienone is 1. The van der Waals surface area contributed by atoms with Gasteiger partial charge in [-0.25, -0.2) is 0 Å². The van der Waals surface area contributed by atoms with Crippen molar-refractivity contribution in [3.05, 3.63) is 54.1 Å². The van der Waals surface area contributed by atoms with Crippen LogP contribution in [0.2, 0.25) is 0 Å². The van der Waals surface area contributed by atoms with Crippen LogP contribution >= 0.6 is 0 Å². The van der Waals surface area contributed by atoms with Crippen LogP contribution in [0.25, 0.3) is 16.3 Å². The fourth-order valence-corrected chi connectivity index (χ4v) is 4.39. The van der Waals surface area contributed by atoms with Crippen molar-refractivity contribution in [3.8, 4) is 0 Å². The molecule has 8 heteroatoms. The predicted octanol–water partition coefficient (Wildman–Crippen LogP) is 6.90. The average Bonchev–Trinajstić information content (AvgIpc) is 3.14. The lowest BCUT2D eigenvalue weighted by molar-refractivity contribution is -0.399. The van der Waals surface area contributed by atoms with Crippen molar-refractivity contribution in [1.82, 2.24) is 0 Å². The van der Waals surface area contributed by atoms with Gasteiger partial charge in [0.05, 0.1) is 5.60 Å². The molecule has 1 N–H and O–H groups in total. The number of alkyl halides is 6. The van der Waals surface area contributed by atoms with Crippen molar-refractivity contribution < 1.29 is 36.2 Å². The van der Waals surface area contributed by atoms with Gasteiger partial charge >= 0.3 is 12.4 Å². The maximum atomic E-state index is 13.4. The zero-order valence-corrected chi connectivity index (χ0v) is 17.2. The van der Waals surface area contributed by atoms with E-state index < -0.39 is 29.7 Å². The van der Waals surface area contributed by atoms with Gasteiger partial charge in [-0.1, -0.05) is 49.3 Å². The van der Waals surface area contributed by atoms with Crippen LogP contribution in [0.15, 0.2) is 43.0 Å². The van der Waals surface area contributed by atoms with Gasteiger partial charge in [0.25, 0.3) is 5.60 Å². The van der Waals surface area contributed by atoms with Crippen molar-refractivity contribution in [3.63, 3.8) is 0 Å². The van der Waals surface area contributed by atoms with Gasteiger partial charge in [-0.2, -0.15) is 26.3 Å². The van der Waals surface area contributed by atoms with E-state index >= 15 is 0 Å². The van der Waals surface area contributed by atoms with Crippen molar-refractivity contribution >= 4 is 16.3 Å². The molecule has 0 amide bonds. The molecule has 2 aromatic rings. The summed E-state index contributed by atoms with van der Waals surface area (Å²) in [5.41, 5.74) is -4.42. The Hall–Kier alpha value is -2.06. The molecule has 0 heterocycles. The summed E-state index contributed by atoms with van der Waals surface area (Å²) in [5, 5.41) is 11.5. The molecule has 1 atom stereocenters. The number of aliphatic hydroxyl groups is 1. The smallest absolute Gasteiger partial charge is 0.372 e. The second kappa shape index (κ2) is 7.81. The van der Waals surface area contributed by atoms with E-state index in [9.17, 15) is 31.4 Å². The number of fused-ring (bicyclic) bond motifs is 1. The SMILES string of the molecule is C=C(C)c1cc(C2(OC(C)C(O)(C(F)(F)F)C(F)(F)F)CCCC2)cc2ccccc12. The summed E-state index contributed by atoms with van der Waals surface area (Å²) in [6.07, 6.45) is -12.8. The van der Waals surface area contributed by atoms with Crippen LogP contribution < -0.4 is 0 Å². The first-order valence-corrected chi connectivity index (χ1v) is 9.96. The first kappa shape index (κ1) is 23.6. The third kappa shape index (κ3) is 3.96. The molecule has 3 rings (SSSR count). The van der Waals surface area contributed by atoms with E-state index in [2.05, 4.69) is 6.58 Å². The Bertz CT molecular complexity index is 956. The third-order valence-corrected chi connectivity index (χ3v) is 6.11. The first-order chi connectivity index (χ1) is 14.2. The van der Waals surface area contributed by atoms with Crippen LogP contribution in [0, 0.1) is 0 Å². The normalized spacial score (nSPS) is 18.4. The minimum absolute atomic E-state index is 0.247. The minimum atomic E-state index is -5.95. The Kier molecular flexibility index (Phi) is 5.95. The summed E-state index contributed by atoms with van der Waals surface area (Å²) in [6.45, 7) is 6.36. The fraction of sp³-hybridized carbons (Fsp3) is 0.478. The maximum Gasteiger partial charge on any atom is 0.428 e. The van der Waals surface area contributed by atoms with Gasteiger partial charge in [0.1, 0.15) is 6.10 Å². The van der Waals surface area contributed by atoms with Crippen molar-refractivity contribution in [2.24, 2.45) is 0 Å². The molecule has 170 valence electrons. The van der Waals surface area contributed by atoms with Crippen molar-refractivity contribution in [2.45, 2.75) is 69.2 Å². The van der Waals surface area contributed by atoms with Crippen molar-refractivity contribution in [1.29, 1.82) is 0 Å². The molecule has 0 aliphatic heterocycles. The molecule has 0 aromatic heterocycles. The Labute approximate surface area is 176 Å². The molecule has 2 nitrogen and oxygen atoms in total. The average molecular weight is 446 g/mol. The minimum Gasteiger partial charge on any atom is -0.372 e. The van der Waals surface area contributed by atoms with Gasteiger partial charge in [-0.3, -0.25) is 0 Å². The van der Waals surface area contributed by atoms with E-state index in [4.69, 9.17) is 4.74 Å². The number of ether oxygens (including phenoxy) is 1. The number of rotatable bonds is 5. The molecule has 2 aromatic carbocycles. The van der Waals surface area contributed by atoms with E-state index in [1.807, 2.05) is 18.2 Å². The van der Waals surface area contributed by atoms with Crippen LogP contribution in [-0.2, 0) is 10.3 Å². The van der Waals surface area contributed by atoms with Gasteiger partial charge in [-0.05, 0) is 60.7 Å². The second-order valence-electron chi connectivity index (χ2n) is 8.25. The highest BCUT2D eigenvalue weighted by molar-refractivity contribution is 5.93. The molecule has 1 fully saturated rings. The molecule has 0 bridgehead atoms. The van der Waals surface area contributed by atoms with E-state index in [1.54, 1.807) is 25.1 Å². The standard InChI is InChI=1S/C23H24F6O2/c1-14(2)19-13-17(12-16-8-4-5-9-18(16)19)20(10-6-7-11-20)31-15(3)21(30,22(24,25)26)23(27,28)29/h4-5,8-9,12-13,15,30H,1,6-7,10-11H2,2-3H3. The second-order valence-corrected chi connectivity index (χ2v) is 8.25. The summed E-state index contributed by atoms with van der Waals surface area (Å²) in [7, 11) is 0. The maximum absolute atomic E-state index is 13.4. The van der Waals surface area contributed by atoms with Gasteiger partial charge in [0, 0.05) is 0 Å². The molecule has 31 heavy (non-hydrogen) atoms. The lowest BCUT2D eigenvalue weighted by atomic mass is 9.85. The van der Waals surface area contributed by atoms with Crippen LogP contribution in [-0.4, -0.2) is 29.2 Å². The monoisotopic (exact) mass is 446 g/mol. The van der Waals surface area contributed by atoms with E-state index in [0.29, 0.717) is 30.9 Å². The lowest BCUT2D eigenvalue weighted by Crippen LogP contribution is -2.65. The highest BCUT2D eigenvalue weighted by Gasteiger charge is 2.74. The molecular weight excluding hydrogens is 422 g/mol. The molecular formula is C23H24F6O2. The Morgan fingerprint density at radius 1 is 1.03 bits per heavy atom. The van der Waals surface area contributed by atoms with E-state index in [1.165, 1.54) is 0 Å².